The first-order valence-corrected chi connectivity index (χ1v) is 9.67. The van der Waals surface area contributed by atoms with Crippen molar-refractivity contribution >= 4 is 22.8 Å². The third kappa shape index (κ3) is 3.37. The van der Waals surface area contributed by atoms with Crippen molar-refractivity contribution in [1.82, 2.24) is 9.80 Å². The average molecular weight is 368 g/mol. The van der Waals surface area contributed by atoms with Crippen LogP contribution >= 0.6 is 11.3 Å². The number of halogens is 1. The lowest BCUT2D eigenvalue weighted by atomic mass is 9.98. The second kappa shape index (κ2) is 7.17. The van der Waals surface area contributed by atoms with Crippen molar-refractivity contribution in [1.29, 1.82) is 0 Å². The molecule has 1 aliphatic carbocycles. The second-order valence-electron chi connectivity index (χ2n) is 6.76. The number of carbonyl (C=O) groups excluding carboxylic acids is 1. The molecule has 1 aliphatic heterocycles. The number of likely N-dealkylation sites (N-methyl/N-ethyl adjacent to an activating group) is 1. The molecule has 2 aliphatic rings. The molecule has 0 bridgehead atoms. The summed E-state index contributed by atoms with van der Waals surface area (Å²) in [6.07, 6.45) is 7.01. The van der Waals surface area contributed by atoms with E-state index < -0.39 is 0 Å². The van der Waals surface area contributed by atoms with Gasteiger partial charge >= 0.3 is 0 Å². The zero-order valence-corrected chi connectivity index (χ0v) is 15.6. The molecular formula is C21H21FN2OS. The quantitative estimate of drug-likeness (QED) is 0.805. The van der Waals surface area contributed by atoms with Crippen LogP contribution in [0.25, 0.3) is 5.57 Å². The van der Waals surface area contributed by atoms with Crippen molar-refractivity contribution in [3.05, 3.63) is 75.3 Å². The van der Waals surface area contributed by atoms with Crippen LogP contribution in [0.15, 0.2) is 48.6 Å². The molecule has 0 spiro atoms. The summed E-state index contributed by atoms with van der Waals surface area (Å²) in [7, 11) is 2.08. The number of allylic oxidation sites excluding steroid dienone is 3. The maximum atomic E-state index is 13.3. The zero-order chi connectivity index (χ0) is 18.1. The van der Waals surface area contributed by atoms with Gasteiger partial charge in [0.05, 0.1) is 4.88 Å². The predicted molar refractivity (Wildman–Crippen MR) is 104 cm³/mol. The standard InChI is InChI=1S/C21H21FN2OS/c1-23-10-12-24(13-11-23)21(25)20-14-18-17(4-2-3-5-19(18)26-20)15-6-8-16(22)9-7-15/h2-4,6-9,14H,5,10-13H2,1H3. The Kier molecular flexibility index (Phi) is 4.74. The number of amides is 1. The zero-order valence-electron chi connectivity index (χ0n) is 14.7. The Balaban J connectivity index is 1.65. The summed E-state index contributed by atoms with van der Waals surface area (Å²) in [6.45, 7) is 3.39. The Morgan fingerprint density at radius 1 is 1.12 bits per heavy atom. The Morgan fingerprint density at radius 3 is 2.58 bits per heavy atom. The highest BCUT2D eigenvalue weighted by molar-refractivity contribution is 7.14. The van der Waals surface area contributed by atoms with Gasteiger partial charge in [-0.05, 0) is 41.9 Å². The van der Waals surface area contributed by atoms with Gasteiger partial charge in [-0.25, -0.2) is 4.39 Å². The van der Waals surface area contributed by atoms with Gasteiger partial charge in [-0.15, -0.1) is 11.3 Å². The Morgan fingerprint density at radius 2 is 1.85 bits per heavy atom. The summed E-state index contributed by atoms with van der Waals surface area (Å²) >= 11 is 1.58. The number of rotatable bonds is 2. The first kappa shape index (κ1) is 17.2. The Labute approximate surface area is 157 Å². The van der Waals surface area contributed by atoms with Crippen LogP contribution in [0.2, 0.25) is 0 Å². The normalized spacial score (nSPS) is 17.6. The highest BCUT2D eigenvalue weighted by atomic mass is 32.1. The van der Waals surface area contributed by atoms with Crippen LogP contribution in [0.3, 0.4) is 0 Å². The van der Waals surface area contributed by atoms with E-state index in [4.69, 9.17) is 0 Å². The number of fused-ring (bicyclic) bond motifs is 1. The third-order valence-corrected chi connectivity index (χ3v) is 6.10. The van der Waals surface area contributed by atoms with Gasteiger partial charge < -0.3 is 9.80 Å². The number of benzene rings is 1. The smallest absolute Gasteiger partial charge is 0.264 e. The lowest BCUT2D eigenvalue weighted by Crippen LogP contribution is -2.46. The molecule has 134 valence electrons. The average Bonchev–Trinajstić information content (AvgIpc) is 2.97. The minimum absolute atomic E-state index is 0.124. The molecule has 1 aromatic carbocycles. The minimum Gasteiger partial charge on any atom is -0.335 e. The summed E-state index contributed by atoms with van der Waals surface area (Å²) in [4.78, 5) is 19.1. The van der Waals surface area contributed by atoms with Crippen molar-refractivity contribution in [3.63, 3.8) is 0 Å². The first-order valence-electron chi connectivity index (χ1n) is 8.85. The number of hydrogen-bond donors (Lipinski definition) is 0. The Hall–Kier alpha value is -2.24. The van der Waals surface area contributed by atoms with E-state index >= 15 is 0 Å². The number of nitrogens with zero attached hydrogens (tertiary/aromatic N) is 2. The molecule has 2 aromatic rings. The highest BCUT2D eigenvalue weighted by Gasteiger charge is 2.24. The van der Waals surface area contributed by atoms with Crippen LogP contribution < -0.4 is 0 Å². The van der Waals surface area contributed by atoms with E-state index in [0.717, 1.165) is 54.2 Å². The van der Waals surface area contributed by atoms with Gasteiger partial charge in [0.2, 0.25) is 0 Å². The van der Waals surface area contributed by atoms with E-state index in [-0.39, 0.29) is 11.7 Å². The molecule has 2 heterocycles. The monoisotopic (exact) mass is 368 g/mol. The number of thiophene rings is 1. The predicted octanol–water partition coefficient (Wildman–Crippen LogP) is 3.82. The van der Waals surface area contributed by atoms with Crippen LogP contribution in [0, 0.1) is 5.82 Å². The topological polar surface area (TPSA) is 23.6 Å². The fraction of sp³-hybridized carbons (Fsp3) is 0.286. The Bertz CT molecular complexity index is 874. The third-order valence-electron chi connectivity index (χ3n) is 4.96. The molecule has 0 atom stereocenters. The van der Waals surface area contributed by atoms with Crippen molar-refractivity contribution in [2.75, 3.05) is 33.2 Å². The van der Waals surface area contributed by atoms with E-state index in [2.05, 4.69) is 24.1 Å². The van der Waals surface area contributed by atoms with E-state index in [0.29, 0.717) is 0 Å². The van der Waals surface area contributed by atoms with Gasteiger partial charge in [0.1, 0.15) is 5.82 Å². The van der Waals surface area contributed by atoms with Gasteiger partial charge in [-0.2, -0.15) is 0 Å². The molecule has 1 aromatic heterocycles. The minimum atomic E-state index is -0.241. The molecule has 0 saturated carbocycles. The number of carbonyl (C=O) groups is 1. The molecule has 5 heteroatoms. The van der Waals surface area contributed by atoms with Crippen LogP contribution in [0.1, 0.15) is 25.7 Å². The maximum absolute atomic E-state index is 13.3. The molecule has 4 rings (SSSR count). The van der Waals surface area contributed by atoms with Crippen LogP contribution in [-0.2, 0) is 6.42 Å². The van der Waals surface area contributed by atoms with Gasteiger partial charge in [0, 0.05) is 37.5 Å². The summed E-state index contributed by atoms with van der Waals surface area (Å²) in [5.74, 6) is -0.117. The lowest BCUT2D eigenvalue weighted by Gasteiger charge is -2.32. The van der Waals surface area contributed by atoms with E-state index in [1.54, 1.807) is 23.5 Å². The summed E-state index contributed by atoms with van der Waals surface area (Å²) in [5.41, 5.74) is 3.10. The molecule has 26 heavy (non-hydrogen) atoms. The molecule has 1 amide bonds. The van der Waals surface area contributed by atoms with Crippen LogP contribution in [0.5, 0.6) is 0 Å². The van der Waals surface area contributed by atoms with Gasteiger partial charge in [-0.3, -0.25) is 4.79 Å². The number of hydrogen-bond acceptors (Lipinski definition) is 3. The first-order chi connectivity index (χ1) is 12.6. The second-order valence-corrected chi connectivity index (χ2v) is 7.90. The molecular weight excluding hydrogens is 347 g/mol. The lowest BCUT2D eigenvalue weighted by molar-refractivity contribution is 0.0669. The molecule has 0 N–H and O–H groups in total. The van der Waals surface area contributed by atoms with E-state index in [1.807, 2.05) is 17.0 Å². The molecule has 1 fully saturated rings. The van der Waals surface area contributed by atoms with Gasteiger partial charge in [0.25, 0.3) is 5.91 Å². The van der Waals surface area contributed by atoms with Crippen molar-refractivity contribution < 1.29 is 9.18 Å². The maximum Gasteiger partial charge on any atom is 0.264 e. The van der Waals surface area contributed by atoms with E-state index in [1.165, 1.54) is 17.0 Å². The molecule has 0 unspecified atom stereocenters. The SMILES string of the molecule is CN1CCN(C(=O)c2cc3c(s2)CC=CC=C3c2ccc(F)cc2)CC1. The van der Waals surface area contributed by atoms with Gasteiger partial charge in [0.15, 0.2) is 0 Å². The van der Waals surface area contributed by atoms with Crippen LogP contribution in [0.4, 0.5) is 4.39 Å². The highest BCUT2D eigenvalue weighted by Crippen LogP contribution is 2.35. The summed E-state index contributed by atoms with van der Waals surface area (Å²) in [6, 6.07) is 8.57. The fourth-order valence-corrected chi connectivity index (χ4v) is 4.51. The summed E-state index contributed by atoms with van der Waals surface area (Å²) < 4.78 is 13.3. The molecule has 0 radical (unpaired) electrons. The van der Waals surface area contributed by atoms with Gasteiger partial charge in [-0.1, -0.05) is 30.4 Å². The number of piperazine rings is 1. The van der Waals surface area contributed by atoms with Crippen molar-refractivity contribution in [2.45, 2.75) is 6.42 Å². The van der Waals surface area contributed by atoms with Crippen LogP contribution in [-0.4, -0.2) is 48.9 Å². The van der Waals surface area contributed by atoms with Crippen molar-refractivity contribution in [3.8, 4) is 0 Å². The van der Waals surface area contributed by atoms with Crippen molar-refractivity contribution in [2.24, 2.45) is 0 Å². The summed E-state index contributed by atoms with van der Waals surface area (Å²) in [5, 5.41) is 0. The fourth-order valence-electron chi connectivity index (χ4n) is 3.39. The van der Waals surface area contributed by atoms with E-state index in [9.17, 15) is 9.18 Å². The largest absolute Gasteiger partial charge is 0.335 e. The molecule has 1 saturated heterocycles. The molecule has 3 nitrogen and oxygen atoms in total.